The molecule has 4 rings (SSSR count). The fourth-order valence-electron chi connectivity index (χ4n) is 5.07. The Balaban J connectivity index is 1.37. The molecule has 3 atom stereocenters. The van der Waals surface area contributed by atoms with Gasteiger partial charge in [-0.3, -0.25) is 9.67 Å². The SMILES string of the molecule is CN=C(NCC1C2CCc3ccccc3C21)N(C)Cc1cn(C)nc1C(C)C. The van der Waals surface area contributed by atoms with Crippen molar-refractivity contribution in [1.82, 2.24) is 20.0 Å². The summed E-state index contributed by atoms with van der Waals surface area (Å²) in [5, 5.41) is 8.28. The number of fused-ring (bicyclic) bond motifs is 3. The third-order valence-corrected chi connectivity index (χ3v) is 6.45. The highest BCUT2D eigenvalue weighted by molar-refractivity contribution is 5.79. The summed E-state index contributed by atoms with van der Waals surface area (Å²) in [5.41, 5.74) is 5.60. The molecule has 28 heavy (non-hydrogen) atoms. The molecule has 0 aliphatic heterocycles. The van der Waals surface area contributed by atoms with E-state index in [9.17, 15) is 0 Å². The minimum atomic E-state index is 0.425. The topological polar surface area (TPSA) is 45.5 Å². The second kappa shape index (κ2) is 7.61. The predicted octanol–water partition coefficient (Wildman–Crippen LogP) is 3.53. The molecule has 1 aromatic carbocycles. The minimum absolute atomic E-state index is 0.425. The van der Waals surface area contributed by atoms with Crippen molar-refractivity contribution in [3.05, 3.63) is 52.8 Å². The second-order valence-electron chi connectivity index (χ2n) is 8.74. The third kappa shape index (κ3) is 3.54. The number of rotatable bonds is 5. The lowest BCUT2D eigenvalue weighted by molar-refractivity contribution is 0.469. The molecule has 5 nitrogen and oxygen atoms in total. The first kappa shape index (κ1) is 19.0. The Bertz CT molecular complexity index is 866. The summed E-state index contributed by atoms with van der Waals surface area (Å²) >= 11 is 0. The molecule has 2 aliphatic carbocycles. The fraction of sp³-hybridized carbons (Fsp3) is 0.565. The summed E-state index contributed by atoms with van der Waals surface area (Å²) in [7, 11) is 5.98. The van der Waals surface area contributed by atoms with Crippen LogP contribution < -0.4 is 5.32 Å². The van der Waals surface area contributed by atoms with Gasteiger partial charge >= 0.3 is 0 Å². The van der Waals surface area contributed by atoms with Gasteiger partial charge in [0.2, 0.25) is 0 Å². The monoisotopic (exact) mass is 379 g/mol. The van der Waals surface area contributed by atoms with Crippen molar-refractivity contribution in [2.75, 3.05) is 20.6 Å². The van der Waals surface area contributed by atoms with Gasteiger partial charge in [0.15, 0.2) is 5.96 Å². The lowest BCUT2D eigenvalue weighted by Gasteiger charge is -2.22. The van der Waals surface area contributed by atoms with Crippen LogP contribution in [0, 0.1) is 11.8 Å². The summed E-state index contributed by atoms with van der Waals surface area (Å²) in [6, 6.07) is 9.01. The molecular weight excluding hydrogens is 346 g/mol. The van der Waals surface area contributed by atoms with Gasteiger partial charge in [0.1, 0.15) is 0 Å². The van der Waals surface area contributed by atoms with E-state index in [2.05, 4.69) is 71.7 Å². The third-order valence-electron chi connectivity index (χ3n) is 6.45. The number of nitrogens with one attached hydrogen (secondary N) is 1. The van der Waals surface area contributed by atoms with Gasteiger partial charge in [-0.05, 0) is 47.6 Å². The van der Waals surface area contributed by atoms with Gasteiger partial charge in [-0.1, -0.05) is 38.1 Å². The largest absolute Gasteiger partial charge is 0.356 e. The normalized spacial score (nSPS) is 23.4. The Kier molecular flexibility index (Phi) is 5.17. The zero-order chi connectivity index (χ0) is 19.8. The van der Waals surface area contributed by atoms with Crippen molar-refractivity contribution in [2.45, 2.75) is 45.1 Å². The number of guanidine groups is 1. The summed E-state index contributed by atoms with van der Waals surface area (Å²) in [5.74, 6) is 3.71. The van der Waals surface area contributed by atoms with Crippen molar-refractivity contribution in [1.29, 1.82) is 0 Å². The van der Waals surface area contributed by atoms with Gasteiger partial charge in [-0.25, -0.2) is 0 Å². The number of hydrogen-bond acceptors (Lipinski definition) is 2. The zero-order valence-electron chi connectivity index (χ0n) is 17.8. The standard InChI is InChI=1S/C23H33N5/c1-15(2)22-17(14-28(5)26-22)13-27(4)23(24-3)25-12-20-19-11-10-16-8-6-7-9-18(16)21(19)20/h6-9,14-15,19-21H,10-13H2,1-5H3,(H,24,25). The van der Waals surface area contributed by atoms with E-state index in [1.807, 2.05) is 18.8 Å². The Morgan fingerprint density at radius 3 is 2.89 bits per heavy atom. The van der Waals surface area contributed by atoms with Crippen LogP contribution in [0.4, 0.5) is 0 Å². The zero-order valence-corrected chi connectivity index (χ0v) is 17.8. The van der Waals surface area contributed by atoms with Gasteiger partial charge < -0.3 is 10.2 Å². The van der Waals surface area contributed by atoms with Gasteiger partial charge in [0, 0.05) is 46.0 Å². The smallest absolute Gasteiger partial charge is 0.193 e. The molecule has 0 radical (unpaired) electrons. The quantitative estimate of drug-likeness (QED) is 0.639. The average molecular weight is 380 g/mol. The van der Waals surface area contributed by atoms with Crippen molar-refractivity contribution >= 4 is 5.96 Å². The van der Waals surface area contributed by atoms with E-state index in [1.54, 1.807) is 11.1 Å². The number of nitrogens with zero attached hydrogens (tertiary/aromatic N) is 4. The van der Waals surface area contributed by atoms with Gasteiger partial charge in [-0.15, -0.1) is 0 Å². The Hall–Kier alpha value is -2.30. The average Bonchev–Trinajstić information content (AvgIpc) is 3.27. The van der Waals surface area contributed by atoms with E-state index in [0.717, 1.165) is 36.8 Å². The number of aliphatic imine (C=N–C) groups is 1. The van der Waals surface area contributed by atoms with Crippen LogP contribution in [0.5, 0.6) is 0 Å². The van der Waals surface area contributed by atoms with E-state index >= 15 is 0 Å². The molecule has 150 valence electrons. The van der Waals surface area contributed by atoms with E-state index in [4.69, 9.17) is 0 Å². The van der Waals surface area contributed by atoms with Crippen LogP contribution in [-0.4, -0.2) is 41.3 Å². The number of benzene rings is 1. The molecule has 2 aromatic rings. The van der Waals surface area contributed by atoms with Gasteiger partial charge in [0.25, 0.3) is 0 Å². The summed E-state index contributed by atoms with van der Waals surface area (Å²) in [6.07, 6.45) is 4.70. The van der Waals surface area contributed by atoms with Crippen molar-refractivity contribution in [3.63, 3.8) is 0 Å². The number of aromatic nitrogens is 2. The minimum Gasteiger partial charge on any atom is -0.356 e. The number of aryl methyl sites for hydroxylation is 2. The predicted molar refractivity (Wildman–Crippen MR) is 115 cm³/mol. The summed E-state index contributed by atoms with van der Waals surface area (Å²) < 4.78 is 1.92. The molecule has 0 amide bonds. The molecule has 5 heteroatoms. The maximum Gasteiger partial charge on any atom is 0.193 e. The van der Waals surface area contributed by atoms with E-state index < -0.39 is 0 Å². The van der Waals surface area contributed by atoms with Gasteiger partial charge in [-0.2, -0.15) is 5.10 Å². The van der Waals surface area contributed by atoms with Crippen molar-refractivity contribution in [2.24, 2.45) is 23.9 Å². The van der Waals surface area contributed by atoms with E-state index in [-0.39, 0.29) is 0 Å². The van der Waals surface area contributed by atoms with E-state index in [0.29, 0.717) is 5.92 Å². The second-order valence-corrected chi connectivity index (χ2v) is 8.74. The fourth-order valence-corrected chi connectivity index (χ4v) is 5.07. The first-order valence-electron chi connectivity index (χ1n) is 10.5. The molecule has 1 heterocycles. The van der Waals surface area contributed by atoms with Crippen LogP contribution in [-0.2, 0) is 20.0 Å². The van der Waals surface area contributed by atoms with Crippen molar-refractivity contribution < 1.29 is 0 Å². The van der Waals surface area contributed by atoms with Crippen molar-refractivity contribution in [3.8, 4) is 0 Å². The first-order valence-corrected chi connectivity index (χ1v) is 10.5. The molecule has 0 bridgehead atoms. The van der Waals surface area contributed by atoms with Crippen LogP contribution in [0.25, 0.3) is 0 Å². The molecule has 3 unspecified atom stereocenters. The maximum atomic E-state index is 4.63. The maximum absolute atomic E-state index is 4.63. The Morgan fingerprint density at radius 1 is 1.36 bits per heavy atom. The summed E-state index contributed by atoms with van der Waals surface area (Å²) in [6.45, 7) is 6.23. The van der Waals surface area contributed by atoms with Crippen LogP contribution >= 0.6 is 0 Å². The van der Waals surface area contributed by atoms with Crippen LogP contribution in [0.1, 0.15) is 54.5 Å². The highest BCUT2D eigenvalue weighted by Gasteiger charge is 2.52. The Labute approximate surface area is 168 Å². The lowest BCUT2D eigenvalue weighted by Crippen LogP contribution is -2.39. The van der Waals surface area contributed by atoms with Crippen LogP contribution in [0.2, 0.25) is 0 Å². The number of hydrogen-bond donors (Lipinski definition) is 1. The molecule has 2 aliphatic rings. The van der Waals surface area contributed by atoms with Gasteiger partial charge in [0.05, 0.1) is 5.69 Å². The van der Waals surface area contributed by atoms with E-state index in [1.165, 1.54) is 24.1 Å². The molecule has 1 N–H and O–H groups in total. The highest BCUT2D eigenvalue weighted by Crippen LogP contribution is 2.59. The molecule has 1 saturated carbocycles. The molecular formula is C23H33N5. The molecule has 1 fully saturated rings. The summed E-state index contributed by atoms with van der Waals surface area (Å²) in [4.78, 5) is 6.74. The lowest BCUT2D eigenvalue weighted by atomic mass is 9.92. The molecule has 0 saturated heterocycles. The van der Waals surface area contributed by atoms with Crippen LogP contribution in [0.3, 0.4) is 0 Å². The molecule has 0 spiro atoms. The van der Waals surface area contributed by atoms with Crippen LogP contribution in [0.15, 0.2) is 35.5 Å². The molecule has 1 aromatic heterocycles. The first-order chi connectivity index (χ1) is 13.5. The Morgan fingerprint density at radius 2 is 2.14 bits per heavy atom. The highest BCUT2D eigenvalue weighted by atomic mass is 15.3.